The zero-order chi connectivity index (χ0) is 21.4. The smallest absolute Gasteiger partial charge is 0.261 e. The van der Waals surface area contributed by atoms with Crippen molar-refractivity contribution in [2.75, 3.05) is 13.2 Å². The Morgan fingerprint density at radius 3 is 2.34 bits per heavy atom. The molecule has 2 aromatic carbocycles. The Kier molecular flexibility index (Phi) is 8.19. The summed E-state index contributed by atoms with van der Waals surface area (Å²) < 4.78 is 18.6. The Morgan fingerprint density at radius 2 is 1.72 bits per heavy atom. The molecule has 1 N–H and O–H groups in total. The summed E-state index contributed by atoms with van der Waals surface area (Å²) in [7, 11) is 0. The first-order chi connectivity index (χ1) is 13.8. The van der Waals surface area contributed by atoms with Crippen LogP contribution in [-0.4, -0.2) is 35.9 Å². The second kappa shape index (κ2) is 10.6. The van der Waals surface area contributed by atoms with E-state index in [4.69, 9.17) is 4.74 Å². The minimum Gasteiger partial charge on any atom is -0.484 e. The first-order valence-electron chi connectivity index (χ1n) is 9.78. The van der Waals surface area contributed by atoms with E-state index in [0.717, 1.165) is 11.1 Å². The highest BCUT2D eigenvalue weighted by Crippen LogP contribution is 2.15. The minimum absolute atomic E-state index is 0.206. The van der Waals surface area contributed by atoms with Crippen LogP contribution in [0, 0.1) is 18.7 Å². The first kappa shape index (κ1) is 22.4. The molecule has 5 nitrogen and oxygen atoms in total. The molecule has 0 bridgehead atoms. The molecule has 0 saturated carbocycles. The summed E-state index contributed by atoms with van der Waals surface area (Å²) in [5, 5.41) is 2.88. The lowest BCUT2D eigenvalue weighted by Gasteiger charge is -2.29. The molecule has 0 fully saturated rings. The van der Waals surface area contributed by atoms with Crippen LogP contribution in [0.5, 0.6) is 5.75 Å². The lowest BCUT2D eigenvalue weighted by atomic mass is 10.1. The van der Waals surface area contributed by atoms with Crippen molar-refractivity contribution in [1.82, 2.24) is 10.2 Å². The zero-order valence-electron chi connectivity index (χ0n) is 17.4. The van der Waals surface area contributed by atoms with Crippen molar-refractivity contribution < 1.29 is 18.7 Å². The number of nitrogens with one attached hydrogen (secondary N) is 1. The minimum atomic E-state index is -0.655. The van der Waals surface area contributed by atoms with Gasteiger partial charge in [0.05, 0.1) is 0 Å². The van der Waals surface area contributed by atoms with Crippen LogP contribution >= 0.6 is 0 Å². The van der Waals surface area contributed by atoms with Crippen LogP contribution in [0.3, 0.4) is 0 Å². The van der Waals surface area contributed by atoms with Crippen LogP contribution in [0.15, 0.2) is 48.5 Å². The molecule has 0 aliphatic rings. The van der Waals surface area contributed by atoms with Crippen molar-refractivity contribution in [3.8, 4) is 5.75 Å². The first-order valence-corrected chi connectivity index (χ1v) is 9.78. The summed E-state index contributed by atoms with van der Waals surface area (Å²) in [5.41, 5.74) is 2.01. The third kappa shape index (κ3) is 6.89. The fraction of sp³-hybridized carbons (Fsp3) is 0.391. The number of ether oxygens (including phenoxy) is 1. The van der Waals surface area contributed by atoms with E-state index in [1.54, 1.807) is 6.92 Å². The fourth-order valence-corrected chi connectivity index (χ4v) is 2.76. The molecule has 0 radical (unpaired) electrons. The lowest BCUT2D eigenvalue weighted by molar-refractivity contribution is -0.142. The molecule has 29 heavy (non-hydrogen) atoms. The maximum atomic E-state index is 13.0. The van der Waals surface area contributed by atoms with Gasteiger partial charge in [0.15, 0.2) is 6.61 Å². The van der Waals surface area contributed by atoms with E-state index in [2.05, 4.69) is 5.32 Å². The molecule has 2 aromatic rings. The van der Waals surface area contributed by atoms with Crippen LogP contribution in [0.1, 0.15) is 31.9 Å². The molecule has 1 atom stereocenters. The van der Waals surface area contributed by atoms with Crippen molar-refractivity contribution in [1.29, 1.82) is 0 Å². The van der Waals surface area contributed by atoms with E-state index in [9.17, 15) is 14.0 Å². The van der Waals surface area contributed by atoms with Gasteiger partial charge in [-0.3, -0.25) is 9.59 Å². The van der Waals surface area contributed by atoms with Gasteiger partial charge in [0, 0.05) is 13.1 Å². The highest BCUT2D eigenvalue weighted by molar-refractivity contribution is 5.88. The molecule has 0 saturated heterocycles. The number of amides is 2. The Balaban J connectivity index is 2.13. The molecule has 0 unspecified atom stereocenters. The van der Waals surface area contributed by atoms with Crippen LogP contribution in [0.4, 0.5) is 4.39 Å². The highest BCUT2D eigenvalue weighted by atomic mass is 19.1. The molecule has 156 valence electrons. The second-order valence-electron chi connectivity index (χ2n) is 7.51. The Morgan fingerprint density at radius 1 is 1.07 bits per heavy atom. The number of carbonyl (C=O) groups excluding carboxylic acids is 2. The van der Waals surface area contributed by atoms with E-state index >= 15 is 0 Å². The standard InChI is InChI=1S/C23H29FN2O3/c1-16(2)13-25-23(28)18(4)26(14-19-8-6-5-7-17(19)3)22(27)15-29-21-11-9-20(24)10-12-21/h5-12,16,18H,13-15H2,1-4H3,(H,25,28)/t18-/m1/s1. The molecule has 0 aliphatic heterocycles. The van der Waals surface area contributed by atoms with Gasteiger partial charge in [0.25, 0.3) is 5.91 Å². The average molecular weight is 400 g/mol. The van der Waals surface area contributed by atoms with Crippen LogP contribution in [0.25, 0.3) is 0 Å². The third-order valence-electron chi connectivity index (χ3n) is 4.63. The maximum absolute atomic E-state index is 13.0. The van der Waals surface area contributed by atoms with Gasteiger partial charge < -0.3 is 15.0 Å². The predicted octanol–water partition coefficient (Wildman–Crippen LogP) is 3.70. The molecule has 0 spiro atoms. The van der Waals surface area contributed by atoms with E-state index in [1.807, 2.05) is 45.0 Å². The van der Waals surface area contributed by atoms with Gasteiger partial charge in [-0.2, -0.15) is 0 Å². The van der Waals surface area contributed by atoms with Crippen molar-refractivity contribution in [2.45, 2.75) is 40.3 Å². The highest BCUT2D eigenvalue weighted by Gasteiger charge is 2.26. The molecule has 2 rings (SSSR count). The Bertz CT molecular complexity index is 821. The molecule has 0 aromatic heterocycles. The van der Waals surface area contributed by atoms with Crippen molar-refractivity contribution in [2.24, 2.45) is 5.92 Å². The summed E-state index contributed by atoms with van der Waals surface area (Å²) in [5.74, 6) is -0.187. The van der Waals surface area contributed by atoms with Crippen molar-refractivity contribution >= 4 is 11.8 Å². The number of nitrogens with zero attached hydrogens (tertiary/aromatic N) is 1. The number of hydrogen-bond donors (Lipinski definition) is 1. The molecule has 0 aliphatic carbocycles. The van der Waals surface area contributed by atoms with Gasteiger partial charge in [0.1, 0.15) is 17.6 Å². The normalized spacial score (nSPS) is 11.8. The number of hydrogen-bond acceptors (Lipinski definition) is 3. The lowest BCUT2D eigenvalue weighted by Crippen LogP contribution is -2.49. The van der Waals surface area contributed by atoms with E-state index in [0.29, 0.717) is 24.8 Å². The van der Waals surface area contributed by atoms with Gasteiger partial charge >= 0.3 is 0 Å². The van der Waals surface area contributed by atoms with Crippen LogP contribution in [0.2, 0.25) is 0 Å². The SMILES string of the molecule is Cc1ccccc1CN(C(=O)COc1ccc(F)cc1)[C@H](C)C(=O)NCC(C)C. The summed E-state index contributed by atoms with van der Waals surface area (Å²) in [6.07, 6.45) is 0. The summed E-state index contributed by atoms with van der Waals surface area (Å²) in [4.78, 5) is 27.0. The number of rotatable bonds is 9. The summed E-state index contributed by atoms with van der Waals surface area (Å²) >= 11 is 0. The topological polar surface area (TPSA) is 58.6 Å². The van der Waals surface area contributed by atoms with Gasteiger partial charge in [-0.25, -0.2) is 4.39 Å². The van der Waals surface area contributed by atoms with Crippen molar-refractivity contribution in [3.63, 3.8) is 0 Å². The largest absolute Gasteiger partial charge is 0.484 e. The Hall–Kier alpha value is -2.89. The molecule has 6 heteroatoms. The van der Waals surface area contributed by atoms with Gasteiger partial charge in [-0.1, -0.05) is 38.1 Å². The van der Waals surface area contributed by atoms with E-state index in [1.165, 1.54) is 29.2 Å². The molecular weight excluding hydrogens is 371 g/mol. The number of aryl methyl sites for hydroxylation is 1. The summed E-state index contributed by atoms with van der Waals surface area (Å²) in [6, 6.07) is 12.6. The summed E-state index contributed by atoms with van der Waals surface area (Å²) in [6.45, 7) is 8.31. The average Bonchev–Trinajstić information content (AvgIpc) is 2.70. The Labute approximate surface area is 171 Å². The third-order valence-corrected chi connectivity index (χ3v) is 4.63. The number of carbonyl (C=O) groups is 2. The fourth-order valence-electron chi connectivity index (χ4n) is 2.76. The van der Waals surface area contributed by atoms with Gasteiger partial charge in [0.2, 0.25) is 5.91 Å². The second-order valence-corrected chi connectivity index (χ2v) is 7.51. The van der Waals surface area contributed by atoms with Crippen LogP contribution < -0.4 is 10.1 Å². The quantitative estimate of drug-likeness (QED) is 0.698. The molecule has 2 amide bonds. The van der Waals surface area contributed by atoms with Crippen molar-refractivity contribution in [3.05, 3.63) is 65.5 Å². The number of benzene rings is 2. The monoisotopic (exact) mass is 400 g/mol. The maximum Gasteiger partial charge on any atom is 0.261 e. The zero-order valence-corrected chi connectivity index (χ0v) is 17.4. The van der Waals surface area contributed by atoms with E-state index in [-0.39, 0.29) is 24.2 Å². The molecule has 0 heterocycles. The van der Waals surface area contributed by atoms with Crippen LogP contribution in [-0.2, 0) is 16.1 Å². The predicted molar refractivity (Wildman–Crippen MR) is 111 cm³/mol. The number of halogens is 1. The van der Waals surface area contributed by atoms with Gasteiger partial charge in [-0.05, 0) is 55.2 Å². The van der Waals surface area contributed by atoms with E-state index < -0.39 is 6.04 Å². The molecular formula is C23H29FN2O3. The van der Waals surface area contributed by atoms with Gasteiger partial charge in [-0.15, -0.1) is 0 Å².